The highest BCUT2D eigenvalue weighted by atomic mass is 16.3. The number of nitrogens with one attached hydrogen (secondary N) is 1. The number of aliphatic hydroxyl groups is 1. The smallest absolute Gasteiger partial charge is 0.242 e. The van der Waals surface area contributed by atoms with Crippen LogP contribution in [0.1, 0.15) is 26.2 Å². The predicted molar refractivity (Wildman–Crippen MR) is 63.1 cm³/mol. The largest absolute Gasteiger partial charge is 0.391 e. The Labute approximate surface area is 101 Å². The van der Waals surface area contributed by atoms with Crippen molar-refractivity contribution in [2.24, 2.45) is 5.73 Å². The molecular weight excluding hydrogens is 222 g/mol. The van der Waals surface area contributed by atoms with E-state index >= 15 is 0 Å². The van der Waals surface area contributed by atoms with E-state index in [2.05, 4.69) is 5.32 Å². The summed E-state index contributed by atoms with van der Waals surface area (Å²) in [6.45, 7) is 2.67. The second-order valence-electron chi connectivity index (χ2n) is 4.44. The van der Waals surface area contributed by atoms with Crippen molar-refractivity contribution in [3.05, 3.63) is 0 Å². The maximum Gasteiger partial charge on any atom is 0.242 e. The van der Waals surface area contributed by atoms with Gasteiger partial charge in [-0.2, -0.15) is 0 Å². The molecule has 0 radical (unpaired) electrons. The summed E-state index contributed by atoms with van der Waals surface area (Å²) in [6, 6.07) is -0.955. The second kappa shape index (κ2) is 6.56. The monoisotopic (exact) mass is 243 g/mol. The molecule has 17 heavy (non-hydrogen) atoms. The predicted octanol–water partition coefficient (Wildman–Crippen LogP) is -1.18. The zero-order valence-corrected chi connectivity index (χ0v) is 10.2. The van der Waals surface area contributed by atoms with Crippen molar-refractivity contribution in [2.75, 3.05) is 19.6 Å². The molecule has 1 aliphatic rings. The molecule has 0 aromatic heterocycles. The minimum atomic E-state index is -0.955. The number of nitrogens with two attached hydrogens (primary N) is 1. The van der Waals surface area contributed by atoms with Crippen molar-refractivity contribution >= 4 is 11.8 Å². The molecule has 98 valence electrons. The SMILES string of the molecule is CC(O)C(N)C(=O)N1CCCCCNC(=O)C1. The third-order valence-corrected chi connectivity index (χ3v) is 2.88. The maximum atomic E-state index is 11.9. The quantitative estimate of drug-likeness (QED) is 0.569. The number of carbonyl (C=O) groups is 2. The number of hydrogen-bond acceptors (Lipinski definition) is 4. The summed E-state index contributed by atoms with van der Waals surface area (Å²) in [7, 11) is 0. The van der Waals surface area contributed by atoms with E-state index in [9.17, 15) is 14.7 Å². The fourth-order valence-corrected chi connectivity index (χ4v) is 1.75. The molecule has 2 atom stereocenters. The number of aliphatic hydroxyl groups excluding tert-OH is 1. The lowest BCUT2D eigenvalue weighted by Crippen LogP contribution is -2.51. The van der Waals surface area contributed by atoms with Gasteiger partial charge >= 0.3 is 0 Å². The van der Waals surface area contributed by atoms with Crippen molar-refractivity contribution < 1.29 is 14.7 Å². The number of rotatable bonds is 2. The third-order valence-electron chi connectivity index (χ3n) is 2.88. The Balaban J connectivity index is 2.64. The Morgan fingerprint density at radius 1 is 1.47 bits per heavy atom. The zero-order valence-electron chi connectivity index (χ0n) is 10.2. The van der Waals surface area contributed by atoms with Crippen molar-refractivity contribution in [1.29, 1.82) is 0 Å². The minimum absolute atomic E-state index is 0.0270. The highest BCUT2D eigenvalue weighted by Gasteiger charge is 2.26. The Morgan fingerprint density at radius 3 is 2.82 bits per heavy atom. The van der Waals surface area contributed by atoms with Crippen molar-refractivity contribution in [1.82, 2.24) is 10.2 Å². The summed E-state index contributed by atoms with van der Waals surface area (Å²) in [6.07, 6.45) is 1.84. The van der Waals surface area contributed by atoms with Gasteiger partial charge in [0.15, 0.2) is 0 Å². The average molecular weight is 243 g/mol. The first-order chi connectivity index (χ1) is 8.02. The molecule has 0 spiro atoms. The molecule has 1 heterocycles. The summed E-state index contributed by atoms with van der Waals surface area (Å²) >= 11 is 0. The van der Waals surface area contributed by atoms with Gasteiger partial charge in [-0.1, -0.05) is 0 Å². The van der Waals surface area contributed by atoms with Crippen LogP contribution >= 0.6 is 0 Å². The molecule has 0 aromatic rings. The fraction of sp³-hybridized carbons (Fsp3) is 0.818. The average Bonchev–Trinajstić information content (AvgIpc) is 2.39. The lowest BCUT2D eigenvalue weighted by atomic mass is 10.1. The molecule has 0 bridgehead atoms. The molecule has 1 aliphatic heterocycles. The topological polar surface area (TPSA) is 95.7 Å². The van der Waals surface area contributed by atoms with Gasteiger partial charge in [-0.25, -0.2) is 0 Å². The molecule has 0 aliphatic carbocycles. The Hall–Kier alpha value is -1.14. The minimum Gasteiger partial charge on any atom is -0.391 e. The van der Waals surface area contributed by atoms with Gasteiger partial charge in [0.05, 0.1) is 12.6 Å². The summed E-state index contributed by atoms with van der Waals surface area (Å²) in [5.41, 5.74) is 5.59. The van der Waals surface area contributed by atoms with E-state index < -0.39 is 12.1 Å². The molecule has 1 saturated heterocycles. The van der Waals surface area contributed by atoms with Crippen molar-refractivity contribution in [3.8, 4) is 0 Å². The van der Waals surface area contributed by atoms with Crippen molar-refractivity contribution in [3.63, 3.8) is 0 Å². The summed E-state index contributed by atoms with van der Waals surface area (Å²) < 4.78 is 0. The van der Waals surface area contributed by atoms with Gasteiger partial charge in [-0.3, -0.25) is 9.59 Å². The van der Waals surface area contributed by atoms with Gasteiger partial charge in [0.2, 0.25) is 11.8 Å². The molecule has 2 amide bonds. The highest BCUT2D eigenvalue weighted by Crippen LogP contribution is 2.04. The molecule has 4 N–H and O–H groups in total. The first-order valence-corrected chi connectivity index (χ1v) is 6.01. The summed E-state index contributed by atoms with van der Waals surface area (Å²) in [4.78, 5) is 24.8. The van der Waals surface area contributed by atoms with Gasteiger partial charge < -0.3 is 21.1 Å². The van der Waals surface area contributed by atoms with E-state index in [1.54, 1.807) is 0 Å². The zero-order chi connectivity index (χ0) is 12.8. The maximum absolute atomic E-state index is 11.9. The molecule has 2 unspecified atom stereocenters. The van der Waals surface area contributed by atoms with Crippen molar-refractivity contribution in [2.45, 2.75) is 38.3 Å². The lowest BCUT2D eigenvalue weighted by Gasteiger charge is -2.25. The first-order valence-electron chi connectivity index (χ1n) is 6.01. The van der Waals surface area contributed by atoms with Gasteiger partial charge in [-0.05, 0) is 26.2 Å². The molecule has 0 aromatic carbocycles. The van der Waals surface area contributed by atoms with Crippen LogP contribution in [0.25, 0.3) is 0 Å². The molecule has 0 saturated carbocycles. The van der Waals surface area contributed by atoms with E-state index in [0.29, 0.717) is 13.1 Å². The summed E-state index contributed by atoms with van der Waals surface area (Å²) in [5, 5.41) is 12.0. The van der Waals surface area contributed by atoms with Crippen LogP contribution in [-0.4, -0.2) is 53.6 Å². The second-order valence-corrected chi connectivity index (χ2v) is 4.44. The van der Waals surface area contributed by atoms with Crippen LogP contribution in [0.15, 0.2) is 0 Å². The number of hydrogen-bond donors (Lipinski definition) is 3. The van der Waals surface area contributed by atoms with Gasteiger partial charge in [0.25, 0.3) is 0 Å². The Morgan fingerprint density at radius 2 is 2.18 bits per heavy atom. The Kier molecular flexibility index (Phi) is 5.37. The van der Waals surface area contributed by atoms with Crippen LogP contribution in [0.2, 0.25) is 0 Å². The van der Waals surface area contributed by atoms with Gasteiger partial charge in [0, 0.05) is 13.1 Å². The van der Waals surface area contributed by atoms with E-state index in [-0.39, 0.29) is 18.4 Å². The van der Waals surface area contributed by atoms with E-state index in [1.807, 2.05) is 0 Å². The molecule has 1 rings (SSSR count). The van der Waals surface area contributed by atoms with Crippen LogP contribution in [0.5, 0.6) is 0 Å². The van der Waals surface area contributed by atoms with Crippen LogP contribution in [0, 0.1) is 0 Å². The van der Waals surface area contributed by atoms with Crippen LogP contribution < -0.4 is 11.1 Å². The number of nitrogens with zero attached hydrogens (tertiary/aromatic N) is 1. The molecule has 6 heteroatoms. The number of amides is 2. The van der Waals surface area contributed by atoms with E-state index in [0.717, 1.165) is 19.3 Å². The van der Waals surface area contributed by atoms with Crippen LogP contribution in [0.3, 0.4) is 0 Å². The number of carbonyl (C=O) groups excluding carboxylic acids is 2. The standard InChI is InChI=1S/C11H21N3O3/c1-8(15)10(12)11(17)14-6-4-2-3-5-13-9(16)7-14/h8,10,15H,2-7,12H2,1H3,(H,13,16). The van der Waals surface area contributed by atoms with Gasteiger partial charge in [-0.15, -0.1) is 0 Å². The normalized spacial score (nSPS) is 21.8. The molecular formula is C11H21N3O3. The molecule has 6 nitrogen and oxygen atoms in total. The van der Waals surface area contributed by atoms with Gasteiger partial charge in [0.1, 0.15) is 6.04 Å². The van der Waals surface area contributed by atoms with Crippen LogP contribution in [0.4, 0.5) is 0 Å². The van der Waals surface area contributed by atoms with E-state index in [1.165, 1.54) is 11.8 Å². The van der Waals surface area contributed by atoms with Crippen LogP contribution in [-0.2, 0) is 9.59 Å². The first kappa shape index (κ1) is 13.9. The fourth-order valence-electron chi connectivity index (χ4n) is 1.75. The third kappa shape index (κ3) is 4.32. The Bertz CT molecular complexity index is 281. The highest BCUT2D eigenvalue weighted by molar-refractivity contribution is 5.87. The summed E-state index contributed by atoms with van der Waals surface area (Å²) in [5.74, 6) is -0.532. The van der Waals surface area contributed by atoms with E-state index in [4.69, 9.17) is 5.73 Å². The lowest BCUT2D eigenvalue weighted by molar-refractivity contribution is -0.138. The molecule has 1 fully saturated rings.